The van der Waals surface area contributed by atoms with Gasteiger partial charge in [0.05, 0.1) is 12.4 Å². The number of amides is 1. The molecule has 0 radical (unpaired) electrons. The Morgan fingerprint density at radius 1 is 1.14 bits per heavy atom. The molecule has 6 nitrogen and oxygen atoms in total. The maximum Gasteiger partial charge on any atom is 0.246 e. The monoisotopic (exact) mass is 291 g/mol. The molecule has 0 aromatic carbocycles. The van der Waals surface area contributed by atoms with Crippen molar-refractivity contribution in [1.29, 1.82) is 0 Å². The van der Waals surface area contributed by atoms with E-state index in [9.17, 15) is 4.79 Å². The number of nitrogens with zero attached hydrogens (tertiary/aromatic N) is 5. The van der Waals surface area contributed by atoms with Gasteiger partial charge in [0.15, 0.2) is 0 Å². The Balaban J connectivity index is 1.47. The van der Waals surface area contributed by atoms with Crippen LogP contribution in [0.5, 0.6) is 0 Å². The minimum Gasteiger partial charge on any atom is -0.341 e. The summed E-state index contributed by atoms with van der Waals surface area (Å²) in [6.45, 7) is 6.89. The van der Waals surface area contributed by atoms with Crippen molar-refractivity contribution in [3.63, 3.8) is 0 Å². The second kappa shape index (κ2) is 6.56. The van der Waals surface area contributed by atoms with Gasteiger partial charge in [0.2, 0.25) is 5.91 Å². The van der Waals surface area contributed by atoms with E-state index in [1.807, 2.05) is 4.90 Å². The number of rotatable bonds is 4. The normalized spacial score (nSPS) is 22.6. The van der Waals surface area contributed by atoms with Gasteiger partial charge in [-0.05, 0) is 51.6 Å². The van der Waals surface area contributed by atoms with E-state index in [4.69, 9.17) is 0 Å². The van der Waals surface area contributed by atoms with Gasteiger partial charge < -0.3 is 9.80 Å². The van der Waals surface area contributed by atoms with Crippen molar-refractivity contribution in [1.82, 2.24) is 24.8 Å². The van der Waals surface area contributed by atoms with E-state index in [2.05, 4.69) is 22.0 Å². The Bertz CT molecular complexity index is 447. The van der Waals surface area contributed by atoms with Gasteiger partial charge in [-0.3, -0.25) is 4.79 Å². The van der Waals surface area contributed by atoms with Crippen molar-refractivity contribution in [3.05, 3.63) is 12.4 Å². The van der Waals surface area contributed by atoms with Crippen molar-refractivity contribution in [2.45, 2.75) is 45.2 Å². The summed E-state index contributed by atoms with van der Waals surface area (Å²) < 4.78 is 0. The summed E-state index contributed by atoms with van der Waals surface area (Å²) in [5, 5.41) is 8.00. The van der Waals surface area contributed by atoms with Gasteiger partial charge in [-0.1, -0.05) is 0 Å². The molecule has 116 valence electrons. The average molecular weight is 291 g/mol. The van der Waals surface area contributed by atoms with Crippen LogP contribution in [-0.2, 0) is 11.3 Å². The Labute approximate surface area is 126 Å². The lowest BCUT2D eigenvalue weighted by Crippen LogP contribution is -2.45. The minimum absolute atomic E-state index is 0.137. The first-order valence-electron chi connectivity index (χ1n) is 8.10. The van der Waals surface area contributed by atoms with Gasteiger partial charge in [-0.25, -0.2) is 0 Å². The maximum atomic E-state index is 12.2. The fraction of sp³-hybridized carbons (Fsp3) is 0.800. The van der Waals surface area contributed by atoms with E-state index in [0.717, 1.165) is 31.8 Å². The third kappa shape index (κ3) is 3.43. The van der Waals surface area contributed by atoms with Crippen LogP contribution in [0.3, 0.4) is 0 Å². The molecule has 0 saturated carbocycles. The molecule has 21 heavy (non-hydrogen) atoms. The first kappa shape index (κ1) is 14.5. The first-order valence-corrected chi connectivity index (χ1v) is 8.10. The lowest BCUT2D eigenvalue weighted by molar-refractivity contribution is -0.134. The van der Waals surface area contributed by atoms with Gasteiger partial charge >= 0.3 is 0 Å². The number of hydrogen-bond donors (Lipinski definition) is 0. The fourth-order valence-electron chi connectivity index (χ4n) is 3.62. The molecule has 6 heteroatoms. The molecule has 3 heterocycles. The summed E-state index contributed by atoms with van der Waals surface area (Å²) in [5.74, 6) is 0.869. The Kier molecular flexibility index (Phi) is 4.53. The number of carbonyl (C=O) groups excluding carboxylic acids is 1. The van der Waals surface area contributed by atoms with Crippen molar-refractivity contribution in [3.8, 4) is 0 Å². The summed E-state index contributed by atoms with van der Waals surface area (Å²) in [7, 11) is 0. The molecule has 1 atom stereocenters. The summed E-state index contributed by atoms with van der Waals surface area (Å²) in [5.41, 5.74) is 0. The quantitative estimate of drug-likeness (QED) is 0.830. The van der Waals surface area contributed by atoms with E-state index in [1.54, 1.807) is 12.4 Å². The van der Waals surface area contributed by atoms with Crippen LogP contribution in [-0.4, -0.2) is 62.9 Å². The average Bonchev–Trinajstić information content (AvgIpc) is 3.20. The van der Waals surface area contributed by atoms with Crippen LogP contribution in [0.25, 0.3) is 0 Å². The summed E-state index contributed by atoms with van der Waals surface area (Å²) in [6, 6.07) is 0.664. The SMILES string of the molecule is C[C@@H](C1CCN(C(=O)Cn2nccn2)CC1)N1CCCC1. The predicted octanol–water partition coefficient (Wildman–Crippen LogP) is 1.00. The third-order valence-corrected chi connectivity index (χ3v) is 5.03. The zero-order chi connectivity index (χ0) is 14.7. The molecular formula is C15H25N5O. The van der Waals surface area contributed by atoms with Gasteiger partial charge in [0.25, 0.3) is 0 Å². The third-order valence-electron chi connectivity index (χ3n) is 5.03. The highest BCUT2D eigenvalue weighted by Crippen LogP contribution is 2.26. The lowest BCUT2D eigenvalue weighted by atomic mass is 9.89. The van der Waals surface area contributed by atoms with Crippen LogP contribution in [0.15, 0.2) is 12.4 Å². The minimum atomic E-state index is 0.137. The highest BCUT2D eigenvalue weighted by Gasteiger charge is 2.30. The van der Waals surface area contributed by atoms with Crippen molar-refractivity contribution < 1.29 is 4.79 Å². The lowest BCUT2D eigenvalue weighted by Gasteiger charge is -2.38. The fourth-order valence-corrected chi connectivity index (χ4v) is 3.62. The molecule has 2 aliphatic heterocycles. The molecular weight excluding hydrogens is 266 g/mol. The smallest absolute Gasteiger partial charge is 0.246 e. The molecule has 0 N–H and O–H groups in total. The molecule has 1 aromatic rings. The standard InChI is InChI=1S/C15H25N5O/c1-13(18-8-2-3-9-18)14-4-10-19(11-5-14)15(21)12-20-16-6-7-17-20/h6-7,13-14H,2-5,8-12H2,1H3/t13-/m0/s1. The number of piperidine rings is 1. The summed E-state index contributed by atoms with van der Waals surface area (Å²) in [4.78, 5) is 18.3. The topological polar surface area (TPSA) is 54.3 Å². The van der Waals surface area contributed by atoms with Gasteiger partial charge in [0, 0.05) is 19.1 Å². The van der Waals surface area contributed by atoms with Crippen LogP contribution in [0.1, 0.15) is 32.6 Å². The molecule has 0 bridgehead atoms. The zero-order valence-corrected chi connectivity index (χ0v) is 12.8. The molecule has 1 amide bonds. The molecule has 1 aromatic heterocycles. The van der Waals surface area contributed by atoms with Gasteiger partial charge in [-0.15, -0.1) is 0 Å². The molecule has 2 aliphatic rings. The predicted molar refractivity (Wildman–Crippen MR) is 79.6 cm³/mol. The van der Waals surface area contributed by atoms with Crippen molar-refractivity contribution in [2.24, 2.45) is 5.92 Å². The number of hydrogen-bond acceptors (Lipinski definition) is 4. The van der Waals surface area contributed by atoms with Crippen LogP contribution in [0.2, 0.25) is 0 Å². The number of aromatic nitrogens is 3. The Hall–Kier alpha value is -1.43. The number of carbonyl (C=O) groups is 1. The van der Waals surface area contributed by atoms with Crippen molar-refractivity contribution >= 4 is 5.91 Å². The van der Waals surface area contributed by atoms with Crippen LogP contribution < -0.4 is 0 Å². The largest absolute Gasteiger partial charge is 0.341 e. The summed E-state index contributed by atoms with van der Waals surface area (Å²) in [6.07, 6.45) is 8.15. The maximum absolute atomic E-state index is 12.2. The van der Waals surface area contributed by atoms with Gasteiger partial charge in [-0.2, -0.15) is 15.0 Å². The van der Waals surface area contributed by atoms with E-state index in [-0.39, 0.29) is 12.5 Å². The van der Waals surface area contributed by atoms with Crippen molar-refractivity contribution in [2.75, 3.05) is 26.2 Å². The second-order valence-electron chi connectivity index (χ2n) is 6.26. The molecule has 2 fully saturated rings. The highest BCUT2D eigenvalue weighted by atomic mass is 16.2. The van der Waals surface area contributed by atoms with E-state index in [0.29, 0.717) is 6.04 Å². The van der Waals surface area contributed by atoms with E-state index < -0.39 is 0 Å². The molecule has 2 saturated heterocycles. The summed E-state index contributed by atoms with van der Waals surface area (Å²) >= 11 is 0. The van der Waals surface area contributed by atoms with Crippen LogP contribution in [0, 0.1) is 5.92 Å². The molecule has 0 aliphatic carbocycles. The molecule has 0 spiro atoms. The Morgan fingerprint density at radius 2 is 1.76 bits per heavy atom. The number of likely N-dealkylation sites (tertiary alicyclic amines) is 2. The van der Waals surface area contributed by atoms with E-state index >= 15 is 0 Å². The molecule has 0 unspecified atom stereocenters. The second-order valence-corrected chi connectivity index (χ2v) is 6.26. The zero-order valence-electron chi connectivity index (χ0n) is 12.8. The highest BCUT2D eigenvalue weighted by molar-refractivity contribution is 5.75. The van der Waals surface area contributed by atoms with E-state index in [1.165, 1.54) is 30.7 Å². The Morgan fingerprint density at radius 3 is 2.38 bits per heavy atom. The molecule has 3 rings (SSSR count). The first-order chi connectivity index (χ1) is 10.2. The van der Waals surface area contributed by atoms with Crippen LogP contribution >= 0.6 is 0 Å². The van der Waals surface area contributed by atoms with Gasteiger partial charge in [0.1, 0.15) is 6.54 Å². The van der Waals surface area contributed by atoms with Crippen LogP contribution in [0.4, 0.5) is 0 Å².